The van der Waals surface area contributed by atoms with Crippen LogP contribution in [-0.2, 0) is 19.1 Å². The van der Waals surface area contributed by atoms with Gasteiger partial charge < -0.3 is 4.74 Å². The molecule has 0 saturated heterocycles. The van der Waals surface area contributed by atoms with Crippen LogP contribution in [-0.4, -0.2) is 23.1 Å². The zero-order valence-electron chi connectivity index (χ0n) is 18.3. The number of esters is 1. The summed E-state index contributed by atoms with van der Waals surface area (Å²) in [6, 6.07) is 0. The Morgan fingerprint density at radius 2 is 1.86 bits per heavy atom. The third kappa shape index (κ3) is 2.47. The topological polar surface area (TPSA) is 60.4 Å². The van der Waals surface area contributed by atoms with Gasteiger partial charge in [-0.1, -0.05) is 32.1 Å². The van der Waals surface area contributed by atoms with Crippen LogP contribution in [0.5, 0.6) is 0 Å². The molecule has 0 radical (unpaired) electrons. The average Bonchev–Trinajstić information content (AvgIpc) is 2.85. The maximum absolute atomic E-state index is 12.9. The van der Waals surface area contributed by atoms with Crippen LogP contribution < -0.4 is 0 Å². The molecule has 0 amide bonds. The Morgan fingerprint density at radius 1 is 1.17 bits per heavy atom. The fourth-order valence-corrected chi connectivity index (χ4v) is 7.50. The maximum Gasteiger partial charge on any atom is 0.303 e. The Hall–Kier alpha value is -1.97. The van der Waals surface area contributed by atoms with E-state index in [1.165, 1.54) is 25.0 Å². The predicted molar refractivity (Wildman–Crippen MR) is 111 cm³/mol. The van der Waals surface area contributed by atoms with E-state index in [2.05, 4.69) is 33.4 Å². The van der Waals surface area contributed by atoms with Crippen molar-refractivity contribution in [3.63, 3.8) is 0 Å². The molecule has 4 aliphatic rings. The molecule has 2 fully saturated rings. The monoisotopic (exact) mass is 396 g/mol. The summed E-state index contributed by atoms with van der Waals surface area (Å²) in [5.41, 5.74) is 1.43. The van der Waals surface area contributed by atoms with Crippen molar-refractivity contribution in [2.45, 2.75) is 72.3 Å². The number of allylic oxidation sites excluding steroid dienone is 4. The van der Waals surface area contributed by atoms with Crippen molar-refractivity contribution in [3.05, 3.63) is 35.5 Å². The van der Waals surface area contributed by atoms with Gasteiger partial charge >= 0.3 is 5.97 Å². The van der Waals surface area contributed by atoms with Crippen LogP contribution >= 0.6 is 0 Å². The van der Waals surface area contributed by atoms with Crippen molar-refractivity contribution in [1.29, 1.82) is 0 Å². The highest BCUT2D eigenvalue weighted by molar-refractivity contribution is 5.93. The maximum atomic E-state index is 12.9. The first-order chi connectivity index (χ1) is 13.5. The zero-order chi connectivity index (χ0) is 21.4. The molecule has 2 saturated carbocycles. The largest absolute Gasteiger partial charge is 0.446 e. The number of carbonyl (C=O) groups is 3. The highest BCUT2D eigenvalue weighted by Crippen LogP contribution is 2.68. The molecular weight excluding hydrogens is 364 g/mol. The van der Waals surface area contributed by atoms with Crippen LogP contribution in [0, 0.1) is 28.6 Å². The second kappa shape index (κ2) is 6.26. The molecule has 0 aromatic heterocycles. The van der Waals surface area contributed by atoms with Crippen molar-refractivity contribution < 1.29 is 19.1 Å². The summed E-state index contributed by atoms with van der Waals surface area (Å²) in [7, 11) is 0. The van der Waals surface area contributed by atoms with Gasteiger partial charge in [0.05, 0.1) is 0 Å². The summed E-state index contributed by atoms with van der Waals surface area (Å²) in [5, 5.41) is 0. The van der Waals surface area contributed by atoms with E-state index >= 15 is 0 Å². The normalized spacial score (nSPS) is 43.6. The van der Waals surface area contributed by atoms with Gasteiger partial charge in [0.1, 0.15) is 0 Å². The lowest BCUT2D eigenvalue weighted by Gasteiger charge is -2.57. The number of rotatable bonds is 2. The Balaban J connectivity index is 1.84. The van der Waals surface area contributed by atoms with Crippen molar-refractivity contribution >= 4 is 17.5 Å². The van der Waals surface area contributed by atoms with Crippen LogP contribution in [0.2, 0.25) is 0 Å². The molecule has 0 aromatic carbocycles. The van der Waals surface area contributed by atoms with Crippen LogP contribution in [0.4, 0.5) is 0 Å². The summed E-state index contributed by atoms with van der Waals surface area (Å²) in [4.78, 5) is 37.0. The molecule has 4 aliphatic carbocycles. The van der Waals surface area contributed by atoms with E-state index in [0.717, 1.165) is 24.8 Å². The quantitative estimate of drug-likeness (QED) is 0.500. The Kier molecular flexibility index (Phi) is 4.39. The molecule has 0 bridgehead atoms. The van der Waals surface area contributed by atoms with E-state index < -0.39 is 17.0 Å². The lowest BCUT2D eigenvalue weighted by molar-refractivity contribution is -0.179. The first-order valence-electron chi connectivity index (χ1n) is 10.8. The Bertz CT molecular complexity index is 892. The molecule has 4 rings (SSSR count). The van der Waals surface area contributed by atoms with Crippen molar-refractivity contribution in [1.82, 2.24) is 0 Å². The van der Waals surface area contributed by atoms with Gasteiger partial charge in [-0.3, -0.25) is 14.4 Å². The van der Waals surface area contributed by atoms with E-state index in [9.17, 15) is 14.4 Å². The predicted octanol–water partition coefficient (Wildman–Crippen LogP) is 4.74. The van der Waals surface area contributed by atoms with Crippen molar-refractivity contribution in [2.75, 3.05) is 0 Å². The molecule has 156 valence electrons. The van der Waals surface area contributed by atoms with E-state index in [0.29, 0.717) is 18.8 Å². The average molecular weight is 397 g/mol. The van der Waals surface area contributed by atoms with Gasteiger partial charge in [0.25, 0.3) is 0 Å². The van der Waals surface area contributed by atoms with Crippen LogP contribution in [0.1, 0.15) is 66.7 Å². The first-order valence-corrected chi connectivity index (χ1v) is 10.8. The molecule has 4 nitrogen and oxygen atoms in total. The second-order valence-electron chi connectivity index (χ2n) is 10.2. The van der Waals surface area contributed by atoms with Gasteiger partial charge in [-0.2, -0.15) is 0 Å². The molecule has 0 aromatic rings. The van der Waals surface area contributed by atoms with Gasteiger partial charge in [-0.25, -0.2) is 0 Å². The SMILES string of the molecule is C=C1C[C@@H]2[C@H]3C=C(C)C4=CC(=O)CC[C@]4(C)[C@@H]3CC[C@]2(C)[C@@]1(OC(C)=O)C(C)=O. The molecule has 29 heavy (non-hydrogen) atoms. The lowest BCUT2D eigenvalue weighted by atomic mass is 9.47. The van der Waals surface area contributed by atoms with E-state index in [1.807, 2.05) is 6.08 Å². The van der Waals surface area contributed by atoms with E-state index in [-0.39, 0.29) is 28.8 Å². The third-order valence-electron chi connectivity index (χ3n) is 8.78. The lowest BCUT2D eigenvalue weighted by Crippen LogP contribution is -2.58. The number of ketones is 2. The molecule has 0 N–H and O–H groups in total. The summed E-state index contributed by atoms with van der Waals surface area (Å²) in [5.74, 6) is 0.595. The van der Waals surface area contributed by atoms with Gasteiger partial charge in [-0.05, 0) is 79.9 Å². The first kappa shape index (κ1) is 20.3. The van der Waals surface area contributed by atoms with Gasteiger partial charge in [0.15, 0.2) is 17.2 Å². The number of ether oxygens (including phenoxy) is 1. The molecule has 0 aliphatic heterocycles. The Morgan fingerprint density at radius 3 is 2.48 bits per heavy atom. The van der Waals surface area contributed by atoms with Crippen LogP contribution in [0.3, 0.4) is 0 Å². The molecule has 0 heterocycles. The summed E-state index contributed by atoms with van der Waals surface area (Å²) < 4.78 is 5.83. The van der Waals surface area contributed by atoms with E-state index in [4.69, 9.17) is 4.74 Å². The van der Waals surface area contributed by atoms with Crippen molar-refractivity contribution in [2.24, 2.45) is 28.6 Å². The zero-order valence-corrected chi connectivity index (χ0v) is 18.3. The second-order valence-corrected chi connectivity index (χ2v) is 10.2. The molecule has 6 atom stereocenters. The Labute approximate surface area is 173 Å². The number of Topliss-reactive ketones (excluding diaryl/α,β-unsaturated/α-hetero) is 1. The van der Waals surface area contributed by atoms with Gasteiger partial charge in [0, 0.05) is 18.8 Å². The standard InChI is InChI=1S/C25H32O4/c1-14-11-19-20(23(5)9-7-18(28)13-21(14)23)8-10-24(6)22(19)12-15(2)25(24,16(3)26)29-17(4)27/h11,13,19-20,22H,2,7-10,12H2,1,3-6H3/t19-,20+,22+,23+,24-,25-/m0/s1. The van der Waals surface area contributed by atoms with Gasteiger partial charge in [-0.15, -0.1) is 0 Å². The van der Waals surface area contributed by atoms with Crippen LogP contribution in [0.15, 0.2) is 35.5 Å². The minimum Gasteiger partial charge on any atom is -0.446 e. The number of hydrogen-bond acceptors (Lipinski definition) is 4. The molecule has 0 spiro atoms. The highest BCUT2D eigenvalue weighted by atomic mass is 16.6. The molecule has 4 heteroatoms. The van der Waals surface area contributed by atoms with Crippen molar-refractivity contribution in [3.8, 4) is 0 Å². The summed E-state index contributed by atoms with van der Waals surface area (Å²) in [6.07, 6.45) is 8.15. The number of fused-ring (bicyclic) bond motifs is 5. The van der Waals surface area contributed by atoms with E-state index in [1.54, 1.807) is 0 Å². The number of carbonyl (C=O) groups excluding carboxylic acids is 3. The summed E-state index contributed by atoms with van der Waals surface area (Å²) in [6.45, 7) is 13.7. The number of hydrogen-bond donors (Lipinski definition) is 0. The molecule has 0 unspecified atom stereocenters. The fourth-order valence-electron chi connectivity index (χ4n) is 7.50. The minimum atomic E-state index is -1.23. The minimum absolute atomic E-state index is 0.0109. The summed E-state index contributed by atoms with van der Waals surface area (Å²) >= 11 is 0. The molecular formula is C25H32O4. The van der Waals surface area contributed by atoms with Crippen LogP contribution in [0.25, 0.3) is 0 Å². The fraction of sp³-hybridized carbons (Fsp3) is 0.640. The smallest absolute Gasteiger partial charge is 0.303 e. The highest BCUT2D eigenvalue weighted by Gasteiger charge is 2.69. The third-order valence-corrected chi connectivity index (χ3v) is 8.78. The van der Waals surface area contributed by atoms with Gasteiger partial charge in [0.2, 0.25) is 0 Å².